The summed E-state index contributed by atoms with van der Waals surface area (Å²) in [4.78, 5) is 16.8. The molecule has 8 heteroatoms. The predicted molar refractivity (Wildman–Crippen MR) is 114 cm³/mol. The molecule has 1 atom stereocenters. The van der Waals surface area contributed by atoms with E-state index < -0.39 is 10.0 Å². The molecule has 1 aromatic heterocycles. The first-order valence-corrected chi connectivity index (χ1v) is 11.0. The predicted octanol–water partition coefficient (Wildman–Crippen LogP) is 3.40. The summed E-state index contributed by atoms with van der Waals surface area (Å²) in [5.74, 6) is 1.05. The molecule has 0 saturated carbocycles. The Morgan fingerprint density at radius 2 is 1.77 bits per heavy atom. The summed E-state index contributed by atoms with van der Waals surface area (Å²) in [5, 5.41) is 2.92. The van der Waals surface area contributed by atoms with Crippen LogP contribution in [0.4, 0.5) is 0 Å². The molecule has 1 amide bonds. The molecule has 1 unspecified atom stereocenters. The fourth-order valence-electron chi connectivity index (χ4n) is 2.92. The second kappa shape index (κ2) is 9.23. The molecule has 0 aliphatic carbocycles. The topological polar surface area (TPSA) is 92.5 Å². The summed E-state index contributed by atoms with van der Waals surface area (Å²) in [6, 6.07) is 15.9. The van der Waals surface area contributed by atoms with Gasteiger partial charge in [-0.15, -0.1) is 0 Å². The Balaban J connectivity index is 1.54. The molecule has 30 heavy (non-hydrogen) atoms. The van der Waals surface area contributed by atoms with Crippen LogP contribution in [0.3, 0.4) is 0 Å². The van der Waals surface area contributed by atoms with Crippen LogP contribution >= 0.6 is 0 Å². The zero-order chi connectivity index (χ0) is 21.7. The summed E-state index contributed by atoms with van der Waals surface area (Å²) in [7, 11) is -0.493. The Morgan fingerprint density at radius 3 is 2.40 bits per heavy atom. The molecular formula is C22H25N3O4S. The van der Waals surface area contributed by atoms with Gasteiger partial charge in [-0.25, -0.2) is 17.7 Å². The molecule has 0 radical (unpaired) electrons. The smallest absolute Gasteiger partial charge is 0.242 e. The van der Waals surface area contributed by atoms with Crippen LogP contribution in [0, 0.1) is 0 Å². The van der Waals surface area contributed by atoms with E-state index in [1.807, 2.05) is 37.3 Å². The molecule has 7 nitrogen and oxygen atoms in total. The fourth-order valence-corrected chi connectivity index (χ4v) is 3.82. The van der Waals surface area contributed by atoms with E-state index in [0.29, 0.717) is 18.1 Å². The molecule has 1 heterocycles. The van der Waals surface area contributed by atoms with Gasteiger partial charge in [0.15, 0.2) is 11.7 Å². The molecule has 0 aliphatic heterocycles. The first kappa shape index (κ1) is 21.7. The minimum atomic E-state index is -3.47. The van der Waals surface area contributed by atoms with Crippen LogP contribution in [0.15, 0.2) is 70.1 Å². The lowest BCUT2D eigenvalue weighted by molar-refractivity contribution is -0.121. The standard InChI is InChI=1S/C22H25N3O4S/c1-16(17-9-11-19(12-10-17)30(27,28)25(2)3)24-21(26)13-14-22-23-15-20(29-22)18-7-5-4-6-8-18/h4-12,15-16H,13-14H2,1-3H3,(H,24,26). The van der Waals surface area contributed by atoms with Gasteiger partial charge in [-0.2, -0.15) is 0 Å². The molecule has 1 N–H and O–H groups in total. The van der Waals surface area contributed by atoms with Gasteiger partial charge in [0.05, 0.1) is 17.1 Å². The van der Waals surface area contributed by atoms with Gasteiger partial charge in [-0.3, -0.25) is 4.79 Å². The van der Waals surface area contributed by atoms with E-state index in [-0.39, 0.29) is 23.3 Å². The molecular weight excluding hydrogens is 402 g/mol. The average Bonchev–Trinajstić information content (AvgIpc) is 3.22. The maximum Gasteiger partial charge on any atom is 0.242 e. The summed E-state index contributed by atoms with van der Waals surface area (Å²) in [6.07, 6.45) is 2.30. The highest BCUT2D eigenvalue weighted by Crippen LogP contribution is 2.21. The Morgan fingerprint density at radius 1 is 1.10 bits per heavy atom. The van der Waals surface area contributed by atoms with Gasteiger partial charge >= 0.3 is 0 Å². The maximum atomic E-state index is 12.3. The number of hydrogen-bond donors (Lipinski definition) is 1. The number of rotatable bonds is 8. The van der Waals surface area contributed by atoms with Crippen molar-refractivity contribution in [3.63, 3.8) is 0 Å². The second-order valence-electron chi connectivity index (χ2n) is 7.13. The van der Waals surface area contributed by atoms with E-state index in [4.69, 9.17) is 4.42 Å². The van der Waals surface area contributed by atoms with E-state index in [1.54, 1.807) is 30.5 Å². The number of sulfonamides is 1. The lowest BCUT2D eigenvalue weighted by Crippen LogP contribution is -2.27. The van der Waals surface area contributed by atoms with E-state index in [0.717, 1.165) is 11.1 Å². The van der Waals surface area contributed by atoms with Gasteiger partial charge in [-0.05, 0) is 24.6 Å². The number of nitrogens with one attached hydrogen (secondary N) is 1. The number of aryl methyl sites for hydroxylation is 1. The van der Waals surface area contributed by atoms with E-state index >= 15 is 0 Å². The number of amides is 1. The third-order valence-corrected chi connectivity index (χ3v) is 6.54. The maximum absolute atomic E-state index is 12.3. The lowest BCUT2D eigenvalue weighted by Gasteiger charge is -2.16. The third-order valence-electron chi connectivity index (χ3n) is 4.71. The van der Waals surface area contributed by atoms with Crippen molar-refractivity contribution < 1.29 is 17.6 Å². The normalized spacial score (nSPS) is 12.7. The number of carbonyl (C=O) groups excluding carboxylic acids is 1. The number of oxazole rings is 1. The number of nitrogens with zero attached hydrogens (tertiary/aromatic N) is 2. The van der Waals surface area contributed by atoms with Gasteiger partial charge < -0.3 is 9.73 Å². The number of carbonyl (C=O) groups is 1. The van der Waals surface area contributed by atoms with Gasteiger partial charge in [0, 0.05) is 32.5 Å². The van der Waals surface area contributed by atoms with Crippen molar-refractivity contribution >= 4 is 15.9 Å². The van der Waals surface area contributed by atoms with Crippen LogP contribution in [0.1, 0.15) is 30.8 Å². The van der Waals surface area contributed by atoms with E-state index in [9.17, 15) is 13.2 Å². The minimum Gasteiger partial charge on any atom is -0.441 e. The molecule has 3 rings (SSSR count). The molecule has 3 aromatic rings. The summed E-state index contributed by atoms with van der Waals surface area (Å²) >= 11 is 0. The zero-order valence-electron chi connectivity index (χ0n) is 17.2. The van der Waals surface area contributed by atoms with Gasteiger partial charge in [0.1, 0.15) is 0 Å². The average molecular weight is 428 g/mol. The van der Waals surface area contributed by atoms with Gasteiger partial charge in [-0.1, -0.05) is 42.5 Å². The van der Waals surface area contributed by atoms with Crippen LogP contribution in [0.25, 0.3) is 11.3 Å². The van der Waals surface area contributed by atoms with Crippen LogP contribution in [0.2, 0.25) is 0 Å². The quantitative estimate of drug-likeness (QED) is 0.595. The number of hydrogen-bond acceptors (Lipinski definition) is 5. The van der Waals surface area contributed by atoms with Crippen molar-refractivity contribution in [1.29, 1.82) is 0 Å². The van der Waals surface area contributed by atoms with Crippen molar-refractivity contribution in [3.05, 3.63) is 72.2 Å². The molecule has 0 fully saturated rings. The van der Waals surface area contributed by atoms with Crippen LogP contribution in [0.5, 0.6) is 0 Å². The minimum absolute atomic E-state index is 0.132. The highest BCUT2D eigenvalue weighted by Gasteiger charge is 2.18. The molecule has 0 saturated heterocycles. The lowest BCUT2D eigenvalue weighted by atomic mass is 10.1. The summed E-state index contributed by atoms with van der Waals surface area (Å²) < 4.78 is 31.2. The highest BCUT2D eigenvalue weighted by molar-refractivity contribution is 7.89. The Hall–Kier alpha value is -2.97. The van der Waals surface area contributed by atoms with Crippen molar-refractivity contribution in [2.24, 2.45) is 0 Å². The SMILES string of the molecule is CC(NC(=O)CCc1ncc(-c2ccccc2)o1)c1ccc(S(=O)(=O)N(C)C)cc1. The van der Waals surface area contributed by atoms with Crippen molar-refractivity contribution in [2.45, 2.75) is 30.7 Å². The molecule has 158 valence electrons. The zero-order valence-corrected chi connectivity index (χ0v) is 18.0. The van der Waals surface area contributed by atoms with Crippen LogP contribution in [-0.2, 0) is 21.2 Å². The Kier molecular flexibility index (Phi) is 6.69. The Labute approximate surface area is 176 Å². The van der Waals surface area contributed by atoms with Crippen molar-refractivity contribution in [3.8, 4) is 11.3 Å². The van der Waals surface area contributed by atoms with Crippen LogP contribution < -0.4 is 5.32 Å². The second-order valence-corrected chi connectivity index (χ2v) is 9.28. The van der Waals surface area contributed by atoms with Gasteiger partial charge in [0.25, 0.3) is 0 Å². The van der Waals surface area contributed by atoms with Crippen molar-refractivity contribution in [2.75, 3.05) is 14.1 Å². The summed E-state index contributed by atoms with van der Waals surface area (Å²) in [5.41, 5.74) is 1.76. The van der Waals surface area contributed by atoms with E-state index in [2.05, 4.69) is 10.3 Å². The third kappa shape index (κ3) is 5.14. The molecule has 0 spiro atoms. The molecule has 0 aliphatic rings. The number of benzene rings is 2. The summed E-state index contributed by atoms with van der Waals surface area (Å²) in [6.45, 7) is 1.85. The van der Waals surface area contributed by atoms with Crippen molar-refractivity contribution in [1.82, 2.24) is 14.6 Å². The first-order valence-electron chi connectivity index (χ1n) is 9.59. The number of aromatic nitrogens is 1. The Bertz CT molecular complexity index is 1090. The van der Waals surface area contributed by atoms with Crippen LogP contribution in [-0.4, -0.2) is 37.7 Å². The van der Waals surface area contributed by atoms with E-state index in [1.165, 1.54) is 18.4 Å². The van der Waals surface area contributed by atoms with Gasteiger partial charge in [0.2, 0.25) is 15.9 Å². The largest absolute Gasteiger partial charge is 0.441 e. The fraction of sp³-hybridized carbons (Fsp3) is 0.273. The highest BCUT2D eigenvalue weighted by atomic mass is 32.2. The monoisotopic (exact) mass is 427 g/mol. The molecule has 2 aromatic carbocycles. The first-order chi connectivity index (χ1) is 14.3. The molecule has 0 bridgehead atoms.